The summed E-state index contributed by atoms with van der Waals surface area (Å²) in [6, 6.07) is 20.4. The Morgan fingerprint density at radius 1 is 1.06 bits per heavy atom. The van der Waals surface area contributed by atoms with Gasteiger partial charge in [-0.3, -0.25) is 9.69 Å². The van der Waals surface area contributed by atoms with Crippen LogP contribution in [0.3, 0.4) is 0 Å². The number of amides is 1. The number of carbonyl (C=O) groups is 1. The summed E-state index contributed by atoms with van der Waals surface area (Å²) in [5.74, 6) is 0.910. The van der Waals surface area contributed by atoms with Crippen molar-refractivity contribution >= 4 is 17.2 Å². The van der Waals surface area contributed by atoms with Gasteiger partial charge < -0.3 is 14.8 Å². The van der Waals surface area contributed by atoms with Gasteiger partial charge in [0.25, 0.3) is 5.91 Å². The maximum absolute atomic E-state index is 12.9. The lowest BCUT2D eigenvalue weighted by molar-refractivity contribution is -0.0122. The van der Waals surface area contributed by atoms with E-state index >= 15 is 0 Å². The Hall–Kier alpha value is -2.67. The minimum Gasteiger partial charge on any atom is -0.496 e. The van der Waals surface area contributed by atoms with E-state index in [0.717, 1.165) is 43.1 Å². The van der Waals surface area contributed by atoms with Gasteiger partial charge >= 0.3 is 0 Å². The minimum absolute atomic E-state index is 0.0301. The molecule has 1 N–H and O–H groups in total. The number of methoxy groups -OCH3 is 2. The molecule has 5 nitrogen and oxygen atoms in total. The monoisotopic (exact) mass is 462 g/mol. The quantitative estimate of drug-likeness (QED) is 0.572. The maximum Gasteiger partial charge on any atom is 0.261 e. The molecule has 0 saturated carbocycles. The molecule has 1 amide bonds. The Kier molecular flexibility index (Phi) is 6.23. The largest absolute Gasteiger partial charge is 0.496 e. The molecule has 6 heteroatoms. The van der Waals surface area contributed by atoms with Crippen molar-refractivity contribution in [2.45, 2.75) is 36.9 Å². The van der Waals surface area contributed by atoms with E-state index in [1.807, 2.05) is 29.6 Å². The van der Waals surface area contributed by atoms with E-state index in [2.05, 4.69) is 46.6 Å². The van der Waals surface area contributed by atoms with Gasteiger partial charge in [0.1, 0.15) is 5.75 Å². The molecule has 1 saturated heterocycles. The predicted octanol–water partition coefficient (Wildman–Crippen LogP) is 4.79. The summed E-state index contributed by atoms with van der Waals surface area (Å²) in [6.07, 6.45) is 1.89. The van der Waals surface area contributed by atoms with Gasteiger partial charge in [0, 0.05) is 24.6 Å². The fourth-order valence-electron chi connectivity index (χ4n) is 5.73. The van der Waals surface area contributed by atoms with Gasteiger partial charge in [-0.25, -0.2) is 0 Å². The lowest BCUT2D eigenvalue weighted by atomic mass is 9.72. The number of fused-ring (bicyclic) bond motifs is 2. The Bertz CT molecular complexity index is 1110. The lowest BCUT2D eigenvalue weighted by Gasteiger charge is -2.44. The molecule has 5 rings (SSSR count). The van der Waals surface area contributed by atoms with Crippen molar-refractivity contribution in [1.29, 1.82) is 0 Å². The summed E-state index contributed by atoms with van der Waals surface area (Å²) < 4.78 is 11.7. The molecular weight excluding hydrogens is 432 g/mol. The van der Waals surface area contributed by atoms with Crippen LogP contribution in [0.2, 0.25) is 0 Å². The van der Waals surface area contributed by atoms with Crippen LogP contribution in [0.15, 0.2) is 66.0 Å². The molecule has 2 atom stereocenters. The smallest absolute Gasteiger partial charge is 0.261 e. The second kappa shape index (κ2) is 9.29. The summed E-state index contributed by atoms with van der Waals surface area (Å²) in [5.41, 5.74) is 3.63. The Balaban J connectivity index is 1.38. The van der Waals surface area contributed by atoms with Gasteiger partial charge in [-0.15, -0.1) is 11.3 Å². The number of benzene rings is 2. The molecule has 1 aliphatic carbocycles. The molecule has 2 aromatic carbocycles. The summed E-state index contributed by atoms with van der Waals surface area (Å²) in [6.45, 7) is 2.81. The van der Waals surface area contributed by atoms with Crippen molar-refractivity contribution in [3.63, 3.8) is 0 Å². The Labute approximate surface area is 199 Å². The van der Waals surface area contributed by atoms with Crippen LogP contribution >= 0.6 is 11.3 Å². The van der Waals surface area contributed by atoms with Crippen LogP contribution in [0.1, 0.15) is 45.2 Å². The molecule has 3 aromatic rings. The van der Waals surface area contributed by atoms with E-state index in [1.54, 1.807) is 14.2 Å². The molecule has 2 heterocycles. The van der Waals surface area contributed by atoms with E-state index in [1.165, 1.54) is 28.0 Å². The first-order valence-corrected chi connectivity index (χ1v) is 12.3. The summed E-state index contributed by atoms with van der Waals surface area (Å²) in [7, 11) is 3.51. The first kappa shape index (κ1) is 22.1. The molecule has 1 aliphatic heterocycles. The molecule has 33 heavy (non-hydrogen) atoms. The van der Waals surface area contributed by atoms with Crippen molar-refractivity contribution < 1.29 is 14.3 Å². The number of hydrogen-bond donors (Lipinski definition) is 1. The molecule has 1 fully saturated rings. The average molecular weight is 463 g/mol. The van der Waals surface area contributed by atoms with Gasteiger partial charge in [-0.1, -0.05) is 48.5 Å². The highest BCUT2D eigenvalue weighted by atomic mass is 32.1. The molecule has 0 unspecified atom stereocenters. The van der Waals surface area contributed by atoms with Crippen molar-refractivity contribution in [1.82, 2.24) is 10.2 Å². The number of likely N-dealkylation sites (tertiary alicyclic amines) is 1. The van der Waals surface area contributed by atoms with Crippen molar-refractivity contribution in [3.8, 4) is 5.75 Å². The number of piperidine rings is 1. The Morgan fingerprint density at radius 2 is 1.82 bits per heavy atom. The molecule has 172 valence electrons. The highest BCUT2D eigenvalue weighted by Gasteiger charge is 2.54. The van der Waals surface area contributed by atoms with E-state index < -0.39 is 0 Å². The third-order valence-corrected chi connectivity index (χ3v) is 8.17. The van der Waals surface area contributed by atoms with Gasteiger partial charge in [0.05, 0.1) is 24.1 Å². The fourth-order valence-corrected chi connectivity index (χ4v) is 6.36. The lowest BCUT2D eigenvalue weighted by Crippen LogP contribution is -2.50. The van der Waals surface area contributed by atoms with Crippen LogP contribution < -0.4 is 10.1 Å². The topological polar surface area (TPSA) is 50.8 Å². The van der Waals surface area contributed by atoms with E-state index in [0.29, 0.717) is 0 Å². The molecule has 2 aliphatic rings. The van der Waals surface area contributed by atoms with Crippen LogP contribution in [0.5, 0.6) is 5.75 Å². The standard InChI is InChI=1S/C27H30N2O3S/c1-31-22-11-6-3-8-19(22)18-29-15-13-27(14-16-29)21-10-5-4-9-20(21)24(25(27)32-2)28-26(30)23-12-7-17-33-23/h3-12,17,24-25H,13-16,18H2,1-2H3,(H,28,30)/t24-,25+/m1/s1. The zero-order valence-electron chi connectivity index (χ0n) is 19.1. The zero-order chi connectivity index (χ0) is 22.8. The van der Waals surface area contributed by atoms with Crippen LogP contribution in [-0.4, -0.2) is 44.2 Å². The van der Waals surface area contributed by atoms with Crippen LogP contribution in [0.4, 0.5) is 0 Å². The van der Waals surface area contributed by atoms with Crippen molar-refractivity contribution in [2.24, 2.45) is 0 Å². The molecule has 0 radical (unpaired) electrons. The molecular formula is C27H30N2O3S. The minimum atomic E-state index is -0.151. The van der Waals surface area contributed by atoms with Crippen molar-refractivity contribution in [3.05, 3.63) is 87.6 Å². The molecule has 0 bridgehead atoms. The second-order valence-electron chi connectivity index (χ2n) is 8.92. The molecule has 1 aromatic heterocycles. The second-order valence-corrected chi connectivity index (χ2v) is 9.86. The van der Waals surface area contributed by atoms with Crippen molar-refractivity contribution in [2.75, 3.05) is 27.3 Å². The average Bonchev–Trinajstić information content (AvgIpc) is 3.48. The van der Waals surface area contributed by atoms with Gasteiger partial charge in [0.15, 0.2) is 0 Å². The first-order valence-electron chi connectivity index (χ1n) is 11.5. The van der Waals surface area contributed by atoms with Crippen LogP contribution in [-0.2, 0) is 16.7 Å². The third-order valence-electron chi connectivity index (χ3n) is 7.30. The van der Waals surface area contributed by atoms with Gasteiger partial charge in [-0.2, -0.15) is 0 Å². The summed E-state index contributed by atoms with van der Waals surface area (Å²) in [5, 5.41) is 5.23. The van der Waals surface area contributed by atoms with E-state index in [9.17, 15) is 4.79 Å². The number of para-hydroxylation sites is 1. The zero-order valence-corrected chi connectivity index (χ0v) is 19.9. The van der Waals surface area contributed by atoms with E-state index in [-0.39, 0.29) is 23.5 Å². The number of thiophene rings is 1. The highest BCUT2D eigenvalue weighted by molar-refractivity contribution is 7.12. The maximum atomic E-state index is 12.9. The number of nitrogens with one attached hydrogen (secondary N) is 1. The predicted molar refractivity (Wildman–Crippen MR) is 131 cm³/mol. The van der Waals surface area contributed by atoms with Crippen LogP contribution in [0, 0.1) is 0 Å². The number of carbonyl (C=O) groups excluding carboxylic acids is 1. The normalized spacial score (nSPS) is 21.6. The van der Waals surface area contributed by atoms with Gasteiger partial charge in [0.2, 0.25) is 0 Å². The molecule has 1 spiro atoms. The summed E-state index contributed by atoms with van der Waals surface area (Å²) in [4.78, 5) is 16.2. The third kappa shape index (κ3) is 3.97. The fraction of sp³-hybridized carbons (Fsp3) is 0.370. The van der Waals surface area contributed by atoms with Crippen LogP contribution in [0.25, 0.3) is 0 Å². The summed E-state index contributed by atoms with van der Waals surface area (Å²) >= 11 is 1.47. The SMILES string of the molecule is COc1ccccc1CN1CCC2(CC1)c1ccccc1[C@@H](NC(=O)c1cccs1)[C@@H]2OC. The number of hydrogen-bond acceptors (Lipinski definition) is 5. The van der Waals surface area contributed by atoms with Gasteiger partial charge in [-0.05, 0) is 54.6 Å². The number of ether oxygens (including phenoxy) is 2. The van der Waals surface area contributed by atoms with E-state index in [4.69, 9.17) is 9.47 Å². The first-order chi connectivity index (χ1) is 16.2. The number of nitrogens with zero attached hydrogens (tertiary/aromatic N) is 1. The Morgan fingerprint density at radius 3 is 2.55 bits per heavy atom. The highest BCUT2D eigenvalue weighted by Crippen LogP contribution is 2.52. The number of rotatable bonds is 6.